The molecule has 0 heterocycles. The first-order chi connectivity index (χ1) is 8.88. The molecule has 1 heteroatoms. The highest BCUT2D eigenvalue weighted by Gasteiger charge is 1.97. The van der Waals surface area contributed by atoms with Gasteiger partial charge in [-0.3, -0.25) is 0 Å². The fourth-order valence-electron chi connectivity index (χ4n) is 1.96. The van der Waals surface area contributed by atoms with Crippen LogP contribution in [-0.4, -0.2) is 6.61 Å². The second-order valence-electron chi connectivity index (χ2n) is 4.44. The number of hydrogen-bond donors (Lipinski definition) is 0. The second-order valence-corrected chi connectivity index (χ2v) is 4.44. The van der Waals surface area contributed by atoms with Crippen LogP contribution in [0.1, 0.15) is 23.6 Å². The van der Waals surface area contributed by atoms with Gasteiger partial charge in [-0.2, -0.15) is 0 Å². The van der Waals surface area contributed by atoms with Crippen LogP contribution in [0.15, 0.2) is 54.6 Å². The molecule has 0 unspecified atom stereocenters. The van der Waals surface area contributed by atoms with Gasteiger partial charge in [0, 0.05) is 6.61 Å². The Balaban J connectivity index is 1.86. The molecule has 0 saturated carbocycles. The predicted octanol–water partition coefficient (Wildman–Crippen LogP) is 4.01. The van der Waals surface area contributed by atoms with E-state index in [9.17, 15) is 0 Å². The lowest BCUT2D eigenvalue weighted by Gasteiger charge is -2.05. The van der Waals surface area contributed by atoms with Crippen LogP contribution < -0.4 is 0 Å². The minimum atomic E-state index is 0.718. The van der Waals surface area contributed by atoms with E-state index in [2.05, 4.69) is 54.6 Å². The van der Waals surface area contributed by atoms with E-state index in [1.54, 1.807) is 0 Å². The third-order valence-electron chi connectivity index (χ3n) is 3.04. The highest BCUT2D eigenvalue weighted by atomic mass is 16.5. The van der Waals surface area contributed by atoms with E-state index >= 15 is 0 Å². The van der Waals surface area contributed by atoms with Crippen molar-refractivity contribution in [1.82, 2.24) is 0 Å². The standard InChI is InChI=1S/C17H20O/c1-2-18-14-17-12-10-16(11-13-17)9-8-15-6-4-3-5-7-15/h3-7,10-13H,2,8-9,14H2,1H3. The van der Waals surface area contributed by atoms with Crippen LogP contribution in [0.2, 0.25) is 0 Å². The lowest BCUT2D eigenvalue weighted by molar-refractivity contribution is 0.134. The van der Waals surface area contributed by atoms with Crippen molar-refractivity contribution in [1.29, 1.82) is 0 Å². The van der Waals surface area contributed by atoms with Gasteiger partial charge in [0.15, 0.2) is 0 Å². The number of benzene rings is 2. The number of hydrogen-bond acceptors (Lipinski definition) is 1. The van der Waals surface area contributed by atoms with Crippen molar-refractivity contribution in [2.75, 3.05) is 6.61 Å². The van der Waals surface area contributed by atoms with Crippen molar-refractivity contribution in [2.45, 2.75) is 26.4 Å². The Labute approximate surface area is 109 Å². The lowest BCUT2D eigenvalue weighted by Crippen LogP contribution is -1.94. The van der Waals surface area contributed by atoms with Crippen LogP contribution in [0, 0.1) is 0 Å². The largest absolute Gasteiger partial charge is 0.377 e. The Kier molecular flexibility index (Phi) is 4.98. The van der Waals surface area contributed by atoms with Crippen LogP contribution >= 0.6 is 0 Å². The van der Waals surface area contributed by atoms with E-state index < -0.39 is 0 Å². The van der Waals surface area contributed by atoms with Crippen molar-refractivity contribution in [3.05, 3.63) is 71.3 Å². The van der Waals surface area contributed by atoms with Gasteiger partial charge >= 0.3 is 0 Å². The maximum atomic E-state index is 5.39. The van der Waals surface area contributed by atoms with Crippen LogP contribution in [0.3, 0.4) is 0 Å². The molecule has 1 nitrogen and oxygen atoms in total. The summed E-state index contributed by atoms with van der Waals surface area (Å²) in [6.07, 6.45) is 2.20. The molecule has 2 rings (SSSR count). The smallest absolute Gasteiger partial charge is 0.0716 e. The summed E-state index contributed by atoms with van der Waals surface area (Å²) in [7, 11) is 0. The maximum Gasteiger partial charge on any atom is 0.0716 e. The second kappa shape index (κ2) is 6.97. The molecule has 2 aromatic rings. The van der Waals surface area contributed by atoms with Gasteiger partial charge in [0.2, 0.25) is 0 Å². The molecule has 0 atom stereocenters. The Morgan fingerprint density at radius 3 is 1.89 bits per heavy atom. The van der Waals surface area contributed by atoms with Gasteiger partial charge in [-0.25, -0.2) is 0 Å². The van der Waals surface area contributed by atoms with E-state index in [1.165, 1.54) is 16.7 Å². The molecule has 0 aliphatic heterocycles. The normalized spacial score (nSPS) is 10.5. The molecule has 2 aromatic carbocycles. The van der Waals surface area contributed by atoms with E-state index in [0.717, 1.165) is 26.1 Å². The molecule has 0 saturated heterocycles. The molecular weight excluding hydrogens is 220 g/mol. The summed E-state index contributed by atoms with van der Waals surface area (Å²) in [6.45, 7) is 3.51. The molecule has 0 amide bonds. The summed E-state index contributed by atoms with van der Waals surface area (Å²) in [5.41, 5.74) is 4.04. The van der Waals surface area contributed by atoms with Crippen molar-refractivity contribution in [2.24, 2.45) is 0 Å². The van der Waals surface area contributed by atoms with Crippen molar-refractivity contribution in [3.8, 4) is 0 Å². The van der Waals surface area contributed by atoms with Crippen molar-refractivity contribution in [3.63, 3.8) is 0 Å². The van der Waals surface area contributed by atoms with Crippen molar-refractivity contribution < 1.29 is 4.74 Å². The zero-order chi connectivity index (χ0) is 12.6. The summed E-state index contributed by atoms with van der Waals surface area (Å²) in [5, 5.41) is 0. The van der Waals surface area contributed by atoms with Gasteiger partial charge in [0.25, 0.3) is 0 Å². The zero-order valence-corrected chi connectivity index (χ0v) is 10.9. The molecular formula is C17H20O. The summed E-state index contributed by atoms with van der Waals surface area (Å²) in [5.74, 6) is 0. The number of rotatable bonds is 6. The third-order valence-corrected chi connectivity index (χ3v) is 3.04. The predicted molar refractivity (Wildman–Crippen MR) is 75.6 cm³/mol. The third kappa shape index (κ3) is 4.01. The molecule has 94 valence electrons. The van der Waals surface area contributed by atoms with E-state index in [4.69, 9.17) is 4.74 Å². The Bertz CT molecular complexity index is 445. The molecule has 18 heavy (non-hydrogen) atoms. The summed E-state index contributed by atoms with van der Waals surface area (Å²) < 4.78 is 5.39. The Morgan fingerprint density at radius 1 is 0.722 bits per heavy atom. The van der Waals surface area contributed by atoms with Gasteiger partial charge in [0.1, 0.15) is 0 Å². The zero-order valence-electron chi connectivity index (χ0n) is 10.9. The first kappa shape index (κ1) is 12.8. The fourth-order valence-corrected chi connectivity index (χ4v) is 1.96. The minimum absolute atomic E-state index is 0.718. The number of ether oxygens (including phenoxy) is 1. The van der Waals surface area contributed by atoms with Gasteiger partial charge in [-0.15, -0.1) is 0 Å². The van der Waals surface area contributed by atoms with Crippen LogP contribution in [0.4, 0.5) is 0 Å². The van der Waals surface area contributed by atoms with Gasteiger partial charge in [-0.1, -0.05) is 54.6 Å². The first-order valence-electron chi connectivity index (χ1n) is 6.58. The highest BCUT2D eigenvalue weighted by molar-refractivity contribution is 5.24. The highest BCUT2D eigenvalue weighted by Crippen LogP contribution is 2.09. The molecule has 0 bridgehead atoms. The molecule has 0 aromatic heterocycles. The molecule has 0 fully saturated rings. The monoisotopic (exact) mass is 240 g/mol. The van der Waals surface area contributed by atoms with E-state index in [0.29, 0.717) is 0 Å². The van der Waals surface area contributed by atoms with Gasteiger partial charge < -0.3 is 4.74 Å². The van der Waals surface area contributed by atoms with E-state index in [-0.39, 0.29) is 0 Å². The fraction of sp³-hybridized carbons (Fsp3) is 0.294. The van der Waals surface area contributed by atoms with Crippen LogP contribution in [0.5, 0.6) is 0 Å². The molecule has 0 N–H and O–H groups in total. The molecule has 0 aliphatic rings. The molecule has 0 radical (unpaired) electrons. The van der Waals surface area contributed by atoms with Gasteiger partial charge in [-0.05, 0) is 36.5 Å². The summed E-state index contributed by atoms with van der Waals surface area (Å²) >= 11 is 0. The lowest BCUT2D eigenvalue weighted by atomic mass is 10.0. The minimum Gasteiger partial charge on any atom is -0.377 e. The molecule has 0 aliphatic carbocycles. The average Bonchev–Trinajstić information content (AvgIpc) is 2.45. The topological polar surface area (TPSA) is 9.23 Å². The van der Waals surface area contributed by atoms with Crippen LogP contribution in [-0.2, 0) is 24.2 Å². The average molecular weight is 240 g/mol. The number of aryl methyl sites for hydroxylation is 2. The van der Waals surface area contributed by atoms with Gasteiger partial charge in [0.05, 0.1) is 6.61 Å². The van der Waals surface area contributed by atoms with E-state index in [1.807, 2.05) is 6.92 Å². The SMILES string of the molecule is CCOCc1ccc(CCc2ccccc2)cc1. The quantitative estimate of drug-likeness (QED) is 0.741. The maximum absolute atomic E-state index is 5.39. The molecule has 0 spiro atoms. The van der Waals surface area contributed by atoms with Crippen LogP contribution in [0.25, 0.3) is 0 Å². The van der Waals surface area contributed by atoms with Crippen molar-refractivity contribution >= 4 is 0 Å². The summed E-state index contributed by atoms with van der Waals surface area (Å²) in [4.78, 5) is 0. The Morgan fingerprint density at radius 2 is 1.28 bits per heavy atom. The Hall–Kier alpha value is -1.60. The first-order valence-corrected chi connectivity index (χ1v) is 6.58. The summed E-state index contributed by atoms with van der Waals surface area (Å²) in [6, 6.07) is 19.4.